The molecule has 0 heterocycles. The Hall–Kier alpha value is -2.67. The molecule has 26 heavy (non-hydrogen) atoms. The number of nitrogens with one attached hydrogen (secondary N) is 2. The third-order valence-electron chi connectivity index (χ3n) is 3.76. The van der Waals surface area contributed by atoms with Crippen molar-refractivity contribution in [3.05, 3.63) is 59.7 Å². The molecule has 140 valence electrons. The predicted molar refractivity (Wildman–Crippen MR) is 94.0 cm³/mol. The van der Waals surface area contributed by atoms with Crippen LogP contribution in [0.25, 0.3) is 0 Å². The van der Waals surface area contributed by atoms with Crippen molar-refractivity contribution >= 4 is 5.91 Å². The van der Waals surface area contributed by atoms with E-state index in [0.717, 1.165) is 5.56 Å². The average Bonchev–Trinajstić information content (AvgIpc) is 2.61. The largest absolute Gasteiger partial charge is 0.493 e. The number of halogens is 2. The molecule has 5 nitrogen and oxygen atoms in total. The maximum absolute atomic E-state index is 12.6. The van der Waals surface area contributed by atoms with Crippen molar-refractivity contribution in [2.75, 3.05) is 27.7 Å². The molecule has 0 aliphatic heterocycles. The lowest BCUT2D eigenvalue weighted by molar-refractivity contribution is -0.860. The number of quaternary nitrogens is 1. The summed E-state index contributed by atoms with van der Waals surface area (Å²) in [4.78, 5) is 13.8. The van der Waals surface area contributed by atoms with E-state index in [2.05, 4.69) is 10.1 Å². The first kappa shape index (κ1) is 19.7. The van der Waals surface area contributed by atoms with Crippen LogP contribution in [0.5, 0.6) is 11.5 Å². The van der Waals surface area contributed by atoms with E-state index in [0.29, 0.717) is 12.1 Å². The van der Waals surface area contributed by atoms with Gasteiger partial charge >= 0.3 is 6.61 Å². The van der Waals surface area contributed by atoms with Crippen LogP contribution in [-0.2, 0) is 0 Å². The number of rotatable bonds is 8. The summed E-state index contributed by atoms with van der Waals surface area (Å²) < 4.78 is 34.3. The zero-order valence-corrected chi connectivity index (χ0v) is 15.0. The van der Waals surface area contributed by atoms with Gasteiger partial charge < -0.3 is 19.7 Å². The van der Waals surface area contributed by atoms with Gasteiger partial charge in [-0.2, -0.15) is 8.78 Å². The Morgan fingerprint density at radius 3 is 2.38 bits per heavy atom. The number of hydrogen-bond acceptors (Lipinski definition) is 3. The molecule has 0 aromatic heterocycles. The van der Waals surface area contributed by atoms with E-state index < -0.39 is 6.61 Å². The number of carbonyl (C=O) groups is 1. The van der Waals surface area contributed by atoms with Gasteiger partial charge in [-0.25, -0.2) is 0 Å². The van der Waals surface area contributed by atoms with E-state index in [1.165, 1.54) is 30.2 Å². The van der Waals surface area contributed by atoms with Crippen LogP contribution >= 0.6 is 0 Å². The Morgan fingerprint density at radius 2 is 1.81 bits per heavy atom. The molecule has 0 radical (unpaired) electrons. The van der Waals surface area contributed by atoms with Crippen LogP contribution in [0.15, 0.2) is 48.5 Å². The summed E-state index contributed by atoms with van der Waals surface area (Å²) in [6, 6.07) is 13.6. The molecule has 0 aliphatic carbocycles. The van der Waals surface area contributed by atoms with Crippen molar-refractivity contribution < 1.29 is 27.9 Å². The van der Waals surface area contributed by atoms with Crippen molar-refractivity contribution in [1.82, 2.24) is 5.32 Å². The molecule has 0 saturated heterocycles. The van der Waals surface area contributed by atoms with Crippen LogP contribution < -0.4 is 19.7 Å². The normalized spacial score (nSPS) is 12.1. The summed E-state index contributed by atoms with van der Waals surface area (Å²) in [7, 11) is 5.33. The predicted octanol–water partition coefficient (Wildman–Crippen LogP) is 1.91. The number of hydrogen-bond donors (Lipinski definition) is 2. The number of benzene rings is 2. The van der Waals surface area contributed by atoms with Gasteiger partial charge in [0.05, 0.1) is 21.2 Å². The molecule has 2 aromatic carbocycles. The van der Waals surface area contributed by atoms with Gasteiger partial charge in [-0.05, 0) is 23.8 Å². The SMILES string of the molecule is COc1cc(C(=O)N[C@H](C[NH+](C)C)c2ccccc2)ccc1OC(F)F. The smallest absolute Gasteiger partial charge is 0.387 e. The van der Waals surface area contributed by atoms with Crippen molar-refractivity contribution in [2.45, 2.75) is 12.7 Å². The van der Waals surface area contributed by atoms with Gasteiger partial charge in [0.25, 0.3) is 5.91 Å². The van der Waals surface area contributed by atoms with Crippen LogP contribution in [0, 0.1) is 0 Å². The summed E-state index contributed by atoms with van der Waals surface area (Å²) >= 11 is 0. The number of alkyl halides is 2. The highest BCUT2D eigenvalue weighted by Crippen LogP contribution is 2.29. The summed E-state index contributed by atoms with van der Waals surface area (Å²) in [6.07, 6.45) is 0. The van der Waals surface area contributed by atoms with Crippen molar-refractivity contribution in [1.29, 1.82) is 0 Å². The number of methoxy groups -OCH3 is 1. The van der Waals surface area contributed by atoms with Crippen LogP contribution in [0.2, 0.25) is 0 Å². The highest BCUT2D eigenvalue weighted by Gasteiger charge is 2.20. The molecule has 2 aromatic rings. The van der Waals surface area contributed by atoms with Gasteiger partial charge in [0, 0.05) is 5.56 Å². The lowest BCUT2D eigenvalue weighted by Crippen LogP contribution is -3.06. The molecular formula is C19H23F2N2O3+. The van der Waals surface area contributed by atoms with Gasteiger partial charge in [-0.15, -0.1) is 0 Å². The molecule has 0 aliphatic rings. The first-order valence-corrected chi connectivity index (χ1v) is 8.18. The topological polar surface area (TPSA) is 52.0 Å². The molecule has 7 heteroatoms. The third-order valence-corrected chi connectivity index (χ3v) is 3.76. The third kappa shape index (κ3) is 5.42. The van der Waals surface area contributed by atoms with Crippen LogP contribution in [0.3, 0.4) is 0 Å². The molecule has 1 atom stereocenters. The lowest BCUT2D eigenvalue weighted by Gasteiger charge is -2.21. The quantitative estimate of drug-likeness (QED) is 0.752. The van der Waals surface area contributed by atoms with E-state index in [4.69, 9.17) is 4.74 Å². The minimum atomic E-state index is -2.96. The Labute approximate surface area is 151 Å². The molecule has 0 fully saturated rings. The van der Waals surface area contributed by atoms with Crippen LogP contribution in [0.1, 0.15) is 22.0 Å². The highest BCUT2D eigenvalue weighted by molar-refractivity contribution is 5.95. The fraction of sp³-hybridized carbons (Fsp3) is 0.316. The zero-order chi connectivity index (χ0) is 19.1. The van der Waals surface area contributed by atoms with Gasteiger partial charge in [0.1, 0.15) is 12.6 Å². The van der Waals surface area contributed by atoms with E-state index >= 15 is 0 Å². The van der Waals surface area contributed by atoms with Crippen molar-refractivity contribution in [3.63, 3.8) is 0 Å². The second kappa shape index (κ2) is 9.15. The fourth-order valence-electron chi connectivity index (χ4n) is 2.59. The zero-order valence-electron chi connectivity index (χ0n) is 15.0. The van der Waals surface area contributed by atoms with E-state index in [9.17, 15) is 13.6 Å². The summed E-state index contributed by atoms with van der Waals surface area (Å²) in [5.41, 5.74) is 1.30. The van der Waals surface area contributed by atoms with Gasteiger partial charge in [0.15, 0.2) is 11.5 Å². The Morgan fingerprint density at radius 1 is 1.12 bits per heavy atom. The Balaban J connectivity index is 2.21. The monoisotopic (exact) mass is 365 g/mol. The molecule has 0 unspecified atom stereocenters. The van der Waals surface area contributed by atoms with Crippen LogP contribution in [-0.4, -0.2) is 40.3 Å². The minimum absolute atomic E-state index is 0.0763. The molecule has 2 rings (SSSR count). The van der Waals surface area contributed by atoms with Gasteiger partial charge in [0.2, 0.25) is 0 Å². The summed E-state index contributed by atoms with van der Waals surface area (Å²) in [5, 5.41) is 2.99. The second-order valence-corrected chi connectivity index (χ2v) is 6.09. The van der Waals surface area contributed by atoms with E-state index in [1.54, 1.807) is 0 Å². The molecule has 0 bridgehead atoms. The molecular weight excluding hydrogens is 342 g/mol. The Bertz CT molecular complexity index is 724. The summed E-state index contributed by atoms with van der Waals surface area (Å²) in [6.45, 7) is -2.27. The van der Waals surface area contributed by atoms with Crippen LogP contribution in [0.4, 0.5) is 8.78 Å². The van der Waals surface area contributed by atoms with Crippen molar-refractivity contribution in [2.24, 2.45) is 0 Å². The first-order chi connectivity index (χ1) is 12.4. The number of carbonyl (C=O) groups excluding carboxylic acids is 1. The van der Waals surface area contributed by atoms with E-state index in [1.807, 2.05) is 44.4 Å². The lowest BCUT2D eigenvalue weighted by atomic mass is 10.1. The van der Waals surface area contributed by atoms with Gasteiger partial charge in [-0.3, -0.25) is 4.79 Å². The maximum Gasteiger partial charge on any atom is 0.387 e. The molecule has 2 N–H and O–H groups in total. The number of amides is 1. The minimum Gasteiger partial charge on any atom is -0.493 e. The Kier molecular flexibility index (Phi) is 6.91. The highest BCUT2D eigenvalue weighted by atomic mass is 19.3. The maximum atomic E-state index is 12.6. The number of ether oxygens (including phenoxy) is 2. The number of likely N-dealkylation sites (N-methyl/N-ethyl adjacent to an activating group) is 1. The van der Waals surface area contributed by atoms with Gasteiger partial charge in [-0.1, -0.05) is 30.3 Å². The molecule has 0 spiro atoms. The second-order valence-electron chi connectivity index (χ2n) is 6.09. The van der Waals surface area contributed by atoms with E-state index in [-0.39, 0.29) is 23.4 Å². The standard InChI is InChI=1S/C19H22F2N2O3/c1-23(2)12-15(13-7-5-4-6-8-13)22-18(24)14-9-10-16(26-19(20)21)17(11-14)25-3/h4-11,15,19H,12H2,1-3H3,(H,22,24)/p+1/t15-/m1/s1. The molecule has 1 amide bonds. The first-order valence-electron chi connectivity index (χ1n) is 8.18. The summed E-state index contributed by atoms with van der Waals surface area (Å²) in [5.74, 6) is -0.356. The average molecular weight is 365 g/mol. The van der Waals surface area contributed by atoms with Crippen molar-refractivity contribution in [3.8, 4) is 11.5 Å². The molecule has 0 saturated carbocycles. The fourth-order valence-corrected chi connectivity index (χ4v) is 2.59.